The van der Waals surface area contributed by atoms with Gasteiger partial charge in [-0.05, 0) is 0 Å². The van der Waals surface area contributed by atoms with Gasteiger partial charge in [0.15, 0.2) is 0 Å². The van der Waals surface area contributed by atoms with Gasteiger partial charge >= 0.3 is 12.0 Å². The van der Waals surface area contributed by atoms with Gasteiger partial charge in [0.2, 0.25) is 0 Å². The Bertz CT molecular complexity index is 252. The molecule has 2 amide bonds. The first-order valence-electron chi connectivity index (χ1n) is 3.93. The van der Waals surface area contributed by atoms with Crippen molar-refractivity contribution in [1.82, 2.24) is 9.80 Å². The average molecular weight is 184 g/mol. The summed E-state index contributed by atoms with van der Waals surface area (Å²) in [6.07, 6.45) is 1.52. The summed E-state index contributed by atoms with van der Waals surface area (Å²) < 4.78 is 0. The van der Waals surface area contributed by atoms with Crippen molar-refractivity contribution in [2.75, 3.05) is 20.1 Å². The quantitative estimate of drug-likeness (QED) is 0.628. The largest absolute Gasteiger partial charge is 0.480 e. The van der Waals surface area contributed by atoms with E-state index in [-0.39, 0.29) is 19.1 Å². The molecule has 1 saturated heterocycles. The number of rotatable bonds is 3. The van der Waals surface area contributed by atoms with Crippen molar-refractivity contribution in [1.29, 1.82) is 0 Å². The number of amides is 2. The number of carbonyl (C=O) groups excluding carboxylic acids is 1. The van der Waals surface area contributed by atoms with E-state index in [2.05, 4.69) is 6.58 Å². The van der Waals surface area contributed by atoms with Gasteiger partial charge in [-0.1, -0.05) is 6.08 Å². The summed E-state index contributed by atoms with van der Waals surface area (Å²) in [5.41, 5.74) is 0. The lowest BCUT2D eigenvalue weighted by molar-refractivity contribution is -0.141. The topological polar surface area (TPSA) is 60.9 Å². The van der Waals surface area contributed by atoms with Crippen molar-refractivity contribution in [3.63, 3.8) is 0 Å². The predicted molar refractivity (Wildman–Crippen MR) is 46.4 cm³/mol. The minimum atomic E-state index is -0.973. The Morgan fingerprint density at radius 3 is 2.92 bits per heavy atom. The smallest absolute Gasteiger partial charge is 0.328 e. The molecule has 0 aromatic carbocycles. The standard InChI is InChI=1S/C8H12N2O3/c1-3-4-10-6(7(11)12)5-9(2)8(10)13/h3,6H,1,4-5H2,2H3,(H,11,12). The van der Waals surface area contributed by atoms with E-state index >= 15 is 0 Å². The second-order valence-corrected chi connectivity index (χ2v) is 2.96. The molecule has 0 aliphatic carbocycles. The third kappa shape index (κ3) is 1.63. The Kier molecular flexibility index (Phi) is 2.55. The van der Waals surface area contributed by atoms with Crippen molar-refractivity contribution >= 4 is 12.0 Å². The highest BCUT2D eigenvalue weighted by Crippen LogP contribution is 2.13. The first-order valence-corrected chi connectivity index (χ1v) is 3.93. The Hall–Kier alpha value is -1.52. The molecule has 1 N–H and O–H groups in total. The van der Waals surface area contributed by atoms with Crippen LogP contribution in [0.1, 0.15) is 0 Å². The van der Waals surface area contributed by atoms with Crippen LogP contribution in [-0.2, 0) is 4.79 Å². The van der Waals surface area contributed by atoms with Gasteiger partial charge in [0, 0.05) is 13.6 Å². The van der Waals surface area contributed by atoms with E-state index in [0.29, 0.717) is 0 Å². The normalized spacial score (nSPS) is 22.2. The van der Waals surface area contributed by atoms with Crippen molar-refractivity contribution in [2.24, 2.45) is 0 Å². The zero-order chi connectivity index (χ0) is 10.0. The molecule has 5 nitrogen and oxygen atoms in total. The van der Waals surface area contributed by atoms with E-state index in [1.165, 1.54) is 15.9 Å². The second kappa shape index (κ2) is 3.47. The summed E-state index contributed by atoms with van der Waals surface area (Å²) in [6, 6.07) is -0.997. The van der Waals surface area contributed by atoms with Crippen molar-refractivity contribution in [3.8, 4) is 0 Å². The highest BCUT2D eigenvalue weighted by atomic mass is 16.4. The van der Waals surface area contributed by atoms with Crippen LogP contribution in [0.2, 0.25) is 0 Å². The van der Waals surface area contributed by atoms with E-state index in [0.717, 1.165) is 0 Å². The van der Waals surface area contributed by atoms with Crippen LogP contribution < -0.4 is 0 Å². The summed E-state index contributed by atoms with van der Waals surface area (Å²) in [5.74, 6) is -0.973. The third-order valence-corrected chi connectivity index (χ3v) is 2.01. The van der Waals surface area contributed by atoms with Gasteiger partial charge < -0.3 is 14.9 Å². The maximum Gasteiger partial charge on any atom is 0.328 e. The molecule has 5 heteroatoms. The SMILES string of the molecule is C=CCN1C(=O)N(C)CC1C(=O)O. The zero-order valence-electron chi connectivity index (χ0n) is 7.43. The van der Waals surface area contributed by atoms with Gasteiger partial charge in [-0.3, -0.25) is 0 Å². The number of hydrogen-bond acceptors (Lipinski definition) is 2. The third-order valence-electron chi connectivity index (χ3n) is 2.01. The molecule has 72 valence electrons. The number of carboxylic acids is 1. The average Bonchev–Trinajstić information content (AvgIpc) is 2.33. The lowest BCUT2D eigenvalue weighted by Crippen LogP contribution is -2.39. The molecule has 13 heavy (non-hydrogen) atoms. The maximum absolute atomic E-state index is 11.4. The molecule has 1 heterocycles. The maximum atomic E-state index is 11.4. The van der Waals surface area contributed by atoms with Crippen LogP contribution in [0.3, 0.4) is 0 Å². The molecule has 0 bridgehead atoms. The summed E-state index contributed by atoms with van der Waals surface area (Å²) in [4.78, 5) is 24.8. The van der Waals surface area contributed by atoms with Crippen LogP contribution in [0.15, 0.2) is 12.7 Å². The highest BCUT2D eigenvalue weighted by molar-refractivity contribution is 5.86. The number of hydrogen-bond donors (Lipinski definition) is 1. The number of aliphatic carboxylic acids is 1. The molecule has 1 unspecified atom stereocenters. The van der Waals surface area contributed by atoms with E-state index in [4.69, 9.17) is 5.11 Å². The Morgan fingerprint density at radius 2 is 2.46 bits per heavy atom. The van der Waals surface area contributed by atoms with E-state index < -0.39 is 12.0 Å². The number of carboxylic acid groups (broad SMARTS) is 1. The molecule has 1 aliphatic rings. The molecule has 1 rings (SSSR count). The fourth-order valence-corrected chi connectivity index (χ4v) is 1.34. The minimum Gasteiger partial charge on any atom is -0.480 e. The lowest BCUT2D eigenvalue weighted by Gasteiger charge is -2.17. The molecule has 0 aromatic heterocycles. The van der Waals surface area contributed by atoms with Crippen LogP contribution in [0.4, 0.5) is 4.79 Å². The molecule has 1 fully saturated rings. The first kappa shape index (κ1) is 9.57. The number of carbonyl (C=O) groups is 2. The molecule has 0 radical (unpaired) electrons. The summed E-state index contributed by atoms with van der Waals surface area (Å²) in [5, 5.41) is 8.79. The van der Waals surface area contributed by atoms with Gasteiger partial charge in [-0.15, -0.1) is 6.58 Å². The fourth-order valence-electron chi connectivity index (χ4n) is 1.34. The van der Waals surface area contributed by atoms with Gasteiger partial charge in [0.1, 0.15) is 6.04 Å². The molecule has 1 aliphatic heterocycles. The molecule has 0 spiro atoms. The molecule has 1 atom stereocenters. The summed E-state index contributed by atoms with van der Waals surface area (Å²) in [6.45, 7) is 3.99. The van der Waals surface area contributed by atoms with E-state index in [1.54, 1.807) is 7.05 Å². The Morgan fingerprint density at radius 1 is 1.85 bits per heavy atom. The van der Waals surface area contributed by atoms with Gasteiger partial charge in [-0.2, -0.15) is 0 Å². The molecular formula is C8H12N2O3. The molecule has 0 saturated carbocycles. The van der Waals surface area contributed by atoms with Gasteiger partial charge in [0.25, 0.3) is 0 Å². The van der Waals surface area contributed by atoms with E-state index in [9.17, 15) is 9.59 Å². The second-order valence-electron chi connectivity index (χ2n) is 2.96. The number of nitrogens with zero attached hydrogens (tertiary/aromatic N) is 2. The minimum absolute atomic E-state index is 0.238. The fraction of sp³-hybridized carbons (Fsp3) is 0.500. The summed E-state index contributed by atoms with van der Waals surface area (Å²) >= 11 is 0. The monoisotopic (exact) mass is 184 g/mol. The summed E-state index contributed by atoms with van der Waals surface area (Å²) in [7, 11) is 1.58. The van der Waals surface area contributed by atoms with Crippen LogP contribution in [0, 0.1) is 0 Å². The Labute approximate surface area is 76.2 Å². The molecular weight excluding hydrogens is 172 g/mol. The van der Waals surface area contributed by atoms with Gasteiger partial charge in [-0.25, -0.2) is 9.59 Å². The van der Waals surface area contributed by atoms with E-state index in [1.807, 2.05) is 0 Å². The van der Waals surface area contributed by atoms with Gasteiger partial charge in [0.05, 0.1) is 6.54 Å². The highest BCUT2D eigenvalue weighted by Gasteiger charge is 2.38. The predicted octanol–water partition coefficient (Wildman–Crippen LogP) is -0.00700. The van der Waals surface area contributed by atoms with Crippen molar-refractivity contribution in [3.05, 3.63) is 12.7 Å². The zero-order valence-corrected chi connectivity index (χ0v) is 7.43. The number of urea groups is 1. The van der Waals surface area contributed by atoms with Crippen LogP contribution in [-0.4, -0.2) is 53.1 Å². The Balaban J connectivity index is 2.79. The molecule has 0 aromatic rings. The van der Waals surface area contributed by atoms with Crippen molar-refractivity contribution < 1.29 is 14.7 Å². The lowest BCUT2D eigenvalue weighted by atomic mass is 10.3. The van der Waals surface area contributed by atoms with Crippen LogP contribution >= 0.6 is 0 Å². The van der Waals surface area contributed by atoms with Crippen LogP contribution in [0.5, 0.6) is 0 Å². The number of likely N-dealkylation sites (N-methyl/N-ethyl adjacent to an activating group) is 1. The first-order chi connectivity index (χ1) is 6.07. The van der Waals surface area contributed by atoms with Crippen LogP contribution in [0.25, 0.3) is 0 Å². The van der Waals surface area contributed by atoms with Crippen molar-refractivity contribution in [2.45, 2.75) is 6.04 Å².